The van der Waals surface area contributed by atoms with E-state index in [-0.39, 0.29) is 11.1 Å². The van der Waals surface area contributed by atoms with Gasteiger partial charge in [-0.25, -0.2) is 13.4 Å². The monoisotopic (exact) mass is 317 g/mol. The van der Waals surface area contributed by atoms with Gasteiger partial charge in [0.2, 0.25) is 0 Å². The van der Waals surface area contributed by atoms with Gasteiger partial charge >= 0.3 is 0 Å². The number of hydrogen-bond acceptors (Lipinski definition) is 4. The average molecular weight is 317 g/mol. The van der Waals surface area contributed by atoms with Gasteiger partial charge in [-0.3, -0.25) is 0 Å². The molecule has 2 heterocycles. The Morgan fingerprint density at radius 3 is 2.64 bits per heavy atom. The highest BCUT2D eigenvalue weighted by atomic mass is 32.2. The van der Waals surface area contributed by atoms with Crippen LogP contribution in [0.2, 0.25) is 0 Å². The van der Waals surface area contributed by atoms with Gasteiger partial charge < -0.3 is 5.73 Å². The van der Waals surface area contributed by atoms with Crippen molar-refractivity contribution >= 4 is 10.0 Å². The maximum Gasteiger partial charge on any atom is 0.260 e. The molecular formula is C16H19N3O2S. The molecule has 22 heavy (non-hydrogen) atoms. The molecule has 1 saturated heterocycles. The molecule has 116 valence electrons. The van der Waals surface area contributed by atoms with Crippen LogP contribution in [-0.2, 0) is 10.0 Å². The minimum Gasteiger partial charge on any atom is -0.329 e. The normalized spacial score (nSPS) is 19.4. The lowest BCUT2D eigenvalue weighted by atomic mass is 10.1. The summed E-state index contributed by atoms with van der Waals surface area (Å²) in [7, 11) is -3.59. The first-order valence-electron chi connectivity index (χ1n) is 7.37. The molecule has 0 bridgehead atoms. The molecule has 0 saturated carbocycles. The van der Waals surface area contributed by atoms with Crippen LogP contribution in [-0.4, -0.2) is 36.8 Å². The lowest BCUT2D eigenvalue weighted by Gasteiger charge is -2.22. The number of pyridine rings is 1. The van der Waals surface area contributed by atoms with Crippen molar-refractivity contribution in [3.8, 4) is 11.3 Å². The molecule has 0 radical (unpaired) electrons. The van der Waals surface area contributed by atoms with Crippen LogP contribution >= 0.6 is 0 Å². The molecule has 1 atom stereocenters. The van der Waals surface area contributed by atoms with E-state index in [0.29, 0.717) is 18.8 Å². The topological polar surface area (TPSA) is 76.3 Å². The van der Waals surface area contributed by atoms with Crippen LogP contribution in [0, 0.1) is 0 Å². The Hall–Kier alpha value is -1.76. The van der Waals surface area contributed by atoms with Crippen LogP contribution < -0.4 is 5.73 Å². The predicted octanol–water partition coefficient (Wildman–Crippen LogP) is 1.86. The lowest BCUT2D eigenvalue weighted by Crippen LogP contribution is -2.40. The molecule has 0 amide bonds. The molecular weight excluding hydrogens is 298 g/mol. The largest absolute Gasteiger partial charge is 0.329 e. The van der Waals surface area contributed by atoms with Crippen molar-refractivity contribution in [1.29, 1.82) is 0 Å². The minimum absolute atomic E-state index is 0.0919. The summed E-state index contributed by atoms with van der Waals surface area (Å²) in [4.78, 5) is 4.36. The SMILES string of the molecule is NC[C@H]1CCCN1S(=O)(=O)c1cccc(-c2ccccc2)n1. The van der Waals surface area contributed by atoms with E-state index >= 15 is 0 Å². The van der Waals surface area contributed by atoms with Crippen LogP contribution in [0.25, 0.3) is 11.3 Å². The highest BCUT2D eigenvalue weighted by Crippen LogP contribution is 2.26. The van der Waals surface area contributed by atoms with Crippen molar-refractivity contribution < 1.29 is 8.42 Å². The Labute approximate surface area is 130 Å². The molecule has 2 N–H and O–H groups in total. The number of hydrogen-bond donors (Lipinski definition) is 1. The lowest BCUT2D eigenvalue weighted by molar-refractivity contribution is 0.391. The number of benzene rings is 1. The molecule has 0 spiro atoms. The second kappa shape index (κ2) is 6.16. The molecule has 1 aliphatic rings. The zero-order chi connectivity index (χ0) is 15.6. The second-order valence-corrected chi connectivity index (χ2v) is 7.21. The molecule has 3 rings (SSSR count). The third kappa shape index (κ3) is 2.77. The molecule has 1 aromatic carbocycles. The fourth-order valence-electron chi connectivity index (χ4n) is 2.81. The van der Waals surface area contributed by atoms with Gasteiger partial charge in [0, 0.05) is 24.7 Å². The summed E-state index contributed by atoms with van der Waals surface area (Å²) < 4.78 is 27.1. The Morgan fingerprint density at radius 1 is 1.14 bits per heavy atom. The number of sulfonamides is 1. The van der Waals surface area contributed by atoms with E-state index in [9.17, 15) is 8.42 Å². The summed E-state index contributed by atoms with van der Waals surface area (Å²) >= 11 is 0. The molecule has 1 aromatic heterocycles. The van der Waals surface area contributed by atoms with Crippen molar-refractivity contribution in [1.82, 2.24) is 9.29 Å². The summed E-state index contributed by atoms with van der Waals surface area (Å²) in [6.45, 7) is 0.860. The van der Waals surface area contributed by atoms with Crippen LogP contribution in [0.5, 0.6) is 0 Å². The molecule has 6 heteroatoms. The van der Waals surface area contributed by atoms with E-state index < -0.39 is 10.0 Å². The van der Waals surface area contributed by atoms with E-state index in [1.54, 1.807) is 12.1 Å². The van der Waals surface area contributed by atoms with Gasteiger partial charge in [0.25, 0.3) is 10.0 Å². The van der Waals surface area contributed by atoms with Gasteiger partial charge in [-0.2, -0.15) is 4.31 Å². The van der Waals surface area contributed by atoms with E-state index in [4.69, 9.17) is 5.73 Å². The molecule has 0 aliphatic carbocycles. The van der Waals surface area contributed by atoms with Crippen LogP contribution in [0.1, 0.15) is 12.8 Å². The van der Waals surface area contributed by atoms with Gasteiger partial charge in [-0.15, -0.1) is 0 Å². The fraction of sp³-hybridized carbons (Fsp3) is 0.312. The quantitative estimate of drug-likeness (QED) is 0.934. The zero-order valence-electron chi connectivity index (χ0n) is 12.2. The highest BCUT2D eigenvalue weighted by Gasteiger charge is 2.35. The molecule has 2 aromatic rings. The Morgan fingerprint density at radius 2 is 1.91 bits per heavy atom. The number of aromatic nitrogens is 1. The maximum atomic E-state index is 12.8. The Kier molecular flexibility index (Phi) is 4.24. The first-order chi connectivity index (χ1) is 10.6. The van der Waals surface area contributed by atoms with E-state index in [0.717, 1.165) is 18.4 Å². The van der Waals surface area contributed by atoms with Crippen molar-refractivity contribution in [2.24, 2.45) is 5.73 Å². The summed E-state index contributed by atoms with van der Waals surface area (Å²) in [5.74, 6) is 0. The molecule has 5 nitrogen and oxygen atoms in total. The summed E-state index contributed by atoms with van der Waals surface area (Å²) in [5.41, 5.74) is 7.25. The van der Waals surface area contributed by atoms with Crippen molar-refractivity contribution in [3.05, 3.63) is 48.5 Å². The summed E-state index contributed by atoms with van der Waals surface area (Å²) in [6.07, 6.45) is 1.66. The Balaban J connectivity index is 1.98. The third-order valence-electron chi connectivity index (χ3n) is 3.96. The zero-order valence-corrected chi connectivity index (χ0v) is 13.0. The smallest absolute Gasteiger partial charge is 0.260 e. The predicted molar refractivity (Wildman–Crippen MR) is 85.6 cm³/mol. The summed E-state index contributed by atoms with van der Waals surface area (Å²) in [6, 6.07) is 14.5. The van der Waals surface area contributed by atoms with Crippen LogP contribution in [0.3, 0.4) is 0 Å². The second-order valence-electron chi connectivity index (χ2n) is 5.37. The first-order valence-corrected chi connectivity index (χ1v) is 8.81. The first kappa shape index (κ1) is 15.1. The van der Waals surface area contributed by atoms with Crippen LogP contribution in [0.4, 0.5) is 0 Å². The maximum absolute atomic E-state index is 12.8. The van der Waals surface area contributed by atoms with Gasteiger partial charge in [-0.05, 0) is 25.0 Å². The number of nitrogens with zero attached hydrogens (tertiary/aromatic N) is 2. The van der Waals surface area contributed by atoms with Crippen molar-refractivity contribution in [3.63, 3.8) is 0 Å². The van der Waals surface area contributed by atoms with Gasteiger partial charge in [0.15, 0.2) is 5.03 Å². The van der Waals surface area contributed by atoms with E-state index in [1.807, 2.05) is 36.4 Å². The molecule has 1 fully saturated rings. The Bertz CT molecular complexity index is 747. The molecule has 1 aliphatic heterocycles. The molecule has 0 unspecified atom stereocenters. The highest BCUT2D eigenvalue weighted by molar-refractivity contribution is 7.89. The standard InChI is InChI=1S/C16H19N3O2S/c17-12-14-8-5-11-19(14)22(20,21)16-10-4-9-15(18-16)13-6-2-1-3-7-13/h1-4,6-7,9-10,14H,5,8,11-12,17H2/t14-/m1/s1. The average Bonchev–Trinajstić information content (AvgIpc) is 3.05. The van der Waals surface area contributed by atoms with Crippen molar-refractivity contribution in [2.45, 2.75) is 23.9 Å². The third-order valence-corrected chi connectivity index (χ3v) is 5.82. The van der Waals surface area contributed by atoms with Crippen molar-refractivity contribution in [2.75, 3.05) is 13.1 Å². The summed E-state index contributed by atoms with van der Waals surface area (Å²) in [5, 5.41) is 0.0919. The van der Waals surface area contributed by atoms with Crippen LogP contribution in [0.15, 0.2) is 53.6 Å². The van der Waals surface area contributed by atoms with E-state index in [1.165, 1.54) is 4.31 Å². The fourth-order valence-corrected chi connectivity index (χ4v) is 4.47. The van der Waals surface area contributed by atoms with Gasteiger partial charge in [0.1, 0.15) is 0 Å². The number of rotatable bonds is 4. The van der Waals surface area contributed by atoms with Gasteiger partial charge in [-0.1, -0.05) is 36.4 Å². The van der Waals surface area contributed by atoms with E-state index in [2.05, 4.69) is 4.98 Å². The number of nitrogens with two attached hydrogens (primary N) is 1. The minimum atomic E-state index is -3.59. The van der Waals surface area contributed by atoms with Gasteiger partial charge in [0.05, 0.1) is 5.69 Å².